The first-order valence-electron chi connectivity index (χ1n) is 5.80. The second kappa shape index (κ2) is 4.74. The highest BCUT2D eigenvalue weighted by molar-refractivity contribution is 7.99. The zero-order valence-electron chi connectivity index (χ0n) is 9.45. The predicted octanol–water partition coefficient (Wildman–Crippen LogP) is 1.20. The number of carbonyl (C=O) groups excluding carboxylic acids is 1. The van der Waals surface area contributed by atoms with E-state index in [-0.39, 0.29) is 11.9 Å². The van der Waals surface area contributed by atoms with Gasteiger partial charge >= 0.3 is 0 Å². The minimum absolute atomic E-state index is 0.0399. The second-order valence-corrected chi connectivity index (χ2v) is 5.83. The highest BCUT2D eigenvalue weighted by Gasteiger charge is 2.32. The van der Waals surface area contributed by atoms with Crippen LogP contribution < -0.4 is 10.6 Å². The SMILES string of the molecule is CC1CCC(NC(=O)C2CSCN2)C1C. The lowest BCUT2D eigenvalue weighted by atomic mass is 9.97. The Balaban J connectivity index is 1.83. The van der Waals surface area contributed by atoms with Gasteiger partial charge in [0.2, 0.25) is 5.91 Å². The molecule has 15 heavy (non-hydrogen) atoms. The van der Waals surface area contributed by atoms with Crippen LogP contribution >= 0.6 is 11.8 Å². The summed E-state index contributed by atoms with van der Waals surface area (Å²) in [4.78, 5) is 11.9. The minimum atomic E-state index is 0.0399. The van der Waals surface area contributed by atoms with E-state index in [9.17, 15) is 4.79 Å². The summed E-state index contributed by atoms with van der Waals surface area (Å²) in [5, 5.41) is 6.39. The lowest BCUT2D eigenvalue weighted by Crippen LogP contribution is -2.47. The molecular formula is C11H20N2OS. The van der Waals surface area contributed by atoms with Crippen LogP contribution in [0.3, 0.4) is 0 Å². The summed E-state index contributed by atoms with van der Waals surface area (Å²) in [5.41, 5.74) is 0. The van der Waals surface area contributed by atoms with E-state index in [0.29, 0.717) is 12.0 Å². The van der Waals surface area contributed by atoms with Crippen LogP contribution in [-0.2, 0) is 4.79 Å². The van der Waals surface area contributed by atoms with Crippen molar-refractivity contribution in [1.29, 1.82) is 0 Å². The Morgan fingerprint density at radius 3 is 2.73 bits per heavy atom. The molecule has 1 saturated heterocycles. The molecule has 0 aromatic heterocycles. The van der Waals surface area contributed by atoms with E-state index in [1.165, 1.54) is 6.42 Å². The zero-order valence-corrected chi connectivity index (χ0v) is 10.3. The molecule has 1 amide bonds. The first-order valence-corrected chi connectivity index (χ1v) is 6.95. The number of amides is 1. The predicted molar refractivity (Wildman–Crippen MR) is 63.7 cm³/mol. The van der Waals surface area contributed by atoms with Crippen LogP contribution in [-0.4, -0.2) is 29.6 Å². The number of thioether (sulfide) groups is 1. The Morgan fingerprint density at radius 2 is 2.20 bits per heavy atom. The summed E-state index contributed by atoms with van der Waals surface area (Å²) in [6.07, 6.45) is 2.40. The summed E-state index contributed by atoms with van der Waals surface area (Å²) < 4.78 is 0. The summed E-state index contributed by atoms with van der Waals surface area (Å²) in [7, 11) is 0. The standard InChI is InChI=1S/C11H20N2OS/c1-7-3-4-9(8(7)2)13-11(14)10-5-15-6-12-10/h7-10,12H,3-6H2,1-2H3,(H,13,14). The molecule has 3 nitrogen and oxygen atoms in total. The van der Waals surface area contributed by atoms with Crippen molar-refractivity contribution in [1.82, 2.24) is 10.6 Å². The molecule has 2 rings (SSSR count). The van der Waals surface area contributed by atoms with Crippen LogP contribution in [0.4, 0.5) is 0 Å². The van der Waals surface area contributed by atoms with E-state index in [1.54, 1.807) is 11.8 Å². The molecule has 4 heteroatoms. The highest BCUT2D eigenvalue weighted by atomic mass is 32.2. The molecule has 4 unspecified atom stereocenters. The van der Waals surface area contributed by atoms with E-state index in [2.05, 4.69) is 24.5 Å². The Bertz CT molecular complexity index is 241. The fourth-order valence-corrected chi connectivity index (χ4v) is 3.36. The summed E-state index contributed by atoms with van der Waals surface area (Å²) in [5.74, 6) is 3.41. The van der Waals surface area contributed by atoms with Crippen molar-refractivity contribution in [3.63, 3.8) is 0 Å². The fourth-order valence-electron chi connectivity index (χ4n) is 2.42. The molecule has 4 atom stereocenters. The Labute approximate surface area is 95.8 Å². The maximum Gasteiger partial charge on any atom is 0.238 e. The van der Waals surface area contributed by atoms with E-state index >= 15 is 0 Å². The fraction of sp³-hybridized carbons (Fsp3) is 0.909. The molecule has 2 fully saturated rings. The maximum atomic E-state index is 11.9. The Hall–Kier alpha value is -0.220. The molecule has 2 aliphatic rings. The zero-order chi connectivity index (χ0) is 10.8. The van der Waals surface area contributed by atoms with Gasteiger partial charge in [0.1, 0.15) is 0 Å². The van der Waals surface area contributed by atoms with Gasteiger partial charge < -0.3 is 5.32 Å². The second-order valence-electron chi connectivity index (χ2n) is 4.80. The number of rotatable bonds is 2. The van der Waals surface area contributed by atoms with Gasteiger partial charge in [-0.05, 0) is 24.7 Å². The van der Waals surface area contributed by atoms with Gasteiger partial charge in [0, 0.05) is 17.7 Å². The first-order chi connectivity index (χ1) is 7.18. The third-order valence-electron chi connectivity index (χ3n) is 3.83. The van der Waals surface area contributed by atoms with Crippen LogP contribution in [0.25, 0.3) is 0 Å². The lowest BCUT2D eigenvalue weighted by molar-refractivity contribution is -0.123. The van der Waals surface area contributed by atoms with Crippen molar-refractivity contribution in [2.75, 3.05) is 11.6 Å². The Kier molecular flexibility index (Phi) is 3.57. The molecule has 2 N–H and O–H groups in total. The van der Waals surface area contributed by atoms with Gasteiger partial charge in [-0.25, -0.2) is 0 Å². The number of hydrogen-bond donors (Lipinski definition) is 2. The van der Waals surface area contributed by atoms with Crippen molar-refractivity contribution >= 4 is 17.7 Å². The smallest absolute Gasteiger partial charge is 0.238 e. The van der Waals surface area contributed by atoms with Gasteiger partial charge in [-0.15, -0.1) is 11.8 Å². The van der Waals surface area contributed by atoms with Gasteiger partial charge in [0.05, 0.1) is 6.04 Å². The molecule has 86 valence electrons. The topological polar surface area (TPSA) is 41.1 Å². The van der Waals surface area contributed by atoms with Gasteiger partial charge in [0.15, 0.2) is 0 Å². The third-order valence-corrected chi connectivity index (χ3v) is 4.77. The van der Waals surface area contributed by atoms with Gasteiger partial charge in [-0.2, -0.15) is 0 Å². The van der Waals surface area contributed by atoms with Crippen molar-refractivity contribution in [3.05, 3.63) is 0 Å². The molecule has 0 aromatic carbocycles. The third kappa shape index (κ3) is 2.48. The largest absolute Gasteiger partial charge is 0.352 e. The van der Waals surface area contributed by atoms with Gasteiger partial charge in [-0.3, -0.25) is 10.1 Å². The molecule has 1 aliphatic heterocycles. The van der Waals surface area contributed by atoms with Gasteiger partial charge in [0.25, 0.3) is 0 Å². The summed E-state index contributed by atoms with van der Waals surface area (Å²) >= 11 is 1.80. The highest BCUT2D eigenvalue weighted by Crippen LogP contribution is 2.31. The number of carbonyl (C=O) groups is 1. The van der Waals surface area contributed by atoms with Crippen molar-refractivity contribution in [3.8, 4) is 0 Å². The van der Waals surface area contributed by atoms with E-state index in [1.807, 2.05) is 0 Å². The molecule has 0 radical (unpaired) electrons. The summed E-state index contributed by atoms with van der Waals surface area (Å²) in [6, 6.07) is 0.443. The van der Waals surface area contributed by atoms with E-state index in [4.69, 9.17) is 0 Å². The molecular weight excluding hydrogens is 208 g/mol. The van der Waals surface area contributed by atoms with Crippen LogP contribution in [0.2, 0.25) is 0 Å². The quantitative estimate of drug-likeness (QED) is 0.746. The van der Waals surface area contributed by atoms with Gasteiger partial charge in [-0.1, -0.05) is 13.8 Å². The van der Waals surface area contributed by atoms with Crippen LogP contribution in [0.5, 0.6) is 0 Å². The first kappa shape index (κ1) is 11.3. The summed E-state index contributed by atoms with van der Waals surface area (Å²) in [6.45, 7) is 4.53. The molecule has 1 aliphatic carbocycles. The molecule has 0 bridgehead atoms. The molecule has 0 aromatic rings. The average molecular weight is 228 g/mol. The normalized spacial score (nSPS) is 40.7. The van der Waals surface area contributed by atoms with Crippen LogP contribution in [0, 0.1) is 11.8 Å². The van der Waals surface area contributed by atoms with E-state index < -0.39 is 0 Å². The monoisotopic (exact) mass is 228 g/mol. The van der Waals surface area contributed by atoms with Crippen molar-refractivity contribution < 1.29 is 4.79 Å². The maximum absolute atomic E-state index is 11.9. The number of nitrogens with one attached hydrogen (secondary N) is 2. The molecule has 1 saturated carbocycles. The van der Waals surface area contributed by atoms with Crippen molar-refractivity contribution in [2.24, 2.45) is 11.8 Å². The molecule has 1 heterocycles. The Morgan fingerprint density at radius 1 is 1.40 bits per heavy atom. The molecule has 0 spiro atoms. The van der Waals surface area contributed by atoms with Crippen molar-refractivity contribution in [2.45, 2.75) is 38.8 Å². The number of hydrogen-bond acceptors (Lipinski definition) is 3. The average Bonchev–Trinajstić information content (AvgIpc) is 2.83. The van der Waals surface area contributed by atoms with Crippen LogP contribution in [0.15, 0.2) is 0 Å². The minimum Gasteiger partial charge on any atom is -0.352 e. The van der Waals surface area contributed by atoms with E-state index in [0.717, 1.165) is 24.0 Å². The lowest BCUT2D eigenvalue weighted by Gasteiger charge is -2.21. The van der Waals surface area contributed by atoms with Crippen LogP contribution in [0.1, 0.15) is 26.7 Å².